The van der Waals surface area contributed by atoms with Crippen molar-refractivity contribution >= 4 is 11.8 Å². The van der Waals surface area contributed by atoms with Crippen LogP contribution in [0.2, 0.25) is 0 Å². The maximum atomic E-state index is 12.9. The summed E-state index contributed by atoms with van der Waals surface area (Å²) in [5.74, 6) is 0.196. The van der Waals surface area contributed by atoms with Gasteiger partial charge in [0.1, 0.15) is 0 Å². The number of benzene rings is 1. The van der Waals surface area contributed by atoms with Gasteiger partial charge in [0.25, 0.3) is 5.91 Å². The molecular weight excluding hydrogens is 352 g/mol. The lowest BCUT2D eigenvalue weighted by Gasteiger charge is -2.33. The van der Waals surface area contributed by atoms with Crippen LogP contribution in [-0.4, -0.2) is 51.5 Å². The van der Waals surface area contributed by atoms with Crippen molar-refractivity contribution in [2.45, 2.75) is 46.7 Å². The van der Waals surface area contributed by atoms with E-state index in [9.17, 15) is 9.59 Å². The number of piperidine rings is 1. The maximum Gasteiger partial charge on any atom is 0.253 e. The summed E-state index contributed by atoms with van der Waals surface area (Å²) in [5.41, 5.74) is 4.06. The molecule has 1 aliphatic heterocycles. The Morgan fingerprint density at radius 1 is 1.14 bits per heavy atom. The van der Waals surface area contributed by atoms with Crippen molar-refractivity contribution in [1.29, 1.82) is 0 Å². The molecule has 2 amide bonds. The monoisotopic (exact) mass is 382 g/mol. The Balaban J connectivity index is 1.54. The highest BCUT2D eigenvalue weighted by atomic mass is 16.2. The van der Waals surface area contributed by atoms with Gasteiger partial charge in [0.15, 0.2) is 0 Å². The molecule has 0 N–H and O–H groups in total. The van der Waals surface area contributed by atoms with Crippen LogP contribution in [0.25, 0.3) is 0 Å². The molecular formula is C22H30N4O2. The molecule has 150 valence electrons. The smallest absolute Gasteiger partial charge is 0.253 e. The molecule has 0 unspecified atom stereocenters. The van der Waals surface area contributed by atoms with Gasteiger partial charge in [-0.1, -0.05) is 17.7 Å². The Morgan fingerprint density at radius 2 is 1.79 bits per heavy atom. The Kier molecular flexibility index (Phi) is 6.17. The normalized spacial score (nSPS) is 14.9. The van der Waals surface area contributed by atoms with Gasteiger partial charge in [0.2, 0.25) is 5.91 Å². The lowest BCUT2D eigenvalue weighted by Crippen LogP contribution is -2.43. The van der Waals surface area contributed by atoms with Gasteiger partial charge in [-0.05, 0) is 45.7 Å². The molecule has 0 spiro atoms. The van der Waals surface area contributed by atoms with Crippen molar-refractivity contribution < 1.29 is 9.59 Å². The minimum absolute atomic E-state index is 0.0198. The third-order valence-electron chi connectivity index (χ3n) is 5.72. The zero-order valence-corrected chi connectivity index (χ0v) is 17.3. The van der Waals surface area contributed by atoms with Crippen molar-refractivity contribution in [3.05, 3.63) is 52.8 Å². The Morgan fingerprint density at radius 3 is 2.36 bits per heavy atom. The minimum Gasteiger partial charge on any atom is -0.341 e. The van der Waals surface area contributed by atoms with Crippen LogP contribution in [0.15, 0.2) is 30.5 Å². The number of hydrogen-bond acceptors (Lipinski definition) is 3. The maximum absolute atomic E-state index is 12.9. The molecule has 1 aromatic carbocycles. The van der Waals surface area contributed by atoms with E-state index in [2.05, 4.69) is 12.0 Å². The van der Waals surface area contributed by atoms with Gasteiger partial charge >= 0.3 is 0 Å². The van der Waals surface area contributed by atoms with Crippen LogP contribution in [0.1, 0.15) is 46.9 Å². The molecule has 0 aliphatic carbocycles. The third kappa shape index (κ3) is 4.26. The van der Waals surface area contributed by atoms with Crippen LogP contribution in [0.3, 0.4) is 0 Å². The van der Waals surface area contributed by atoms with Crippen LogP contribution < -0.4 is 0 Å². The molecule has 1 saturated heterocycles. The van der Waals surface area contributed by atoms with Crippen molar-refractivity contribution in [2.24, 2.45) is 5.92 Å². The highest BCUT2D eigenvalue weighted by Gasteiger charge is 2.29. The molecule has 1 aromatic heterocycles. The molecule has 28 heavy (non-hydrogen) atoms. The number of carbonyl (C=O) groups excluding carboxylic acids is 2. The second-order valence-electron chi connectivity index (χ2n) is 7.70. The average molecular weight is 383 g/mol. The Bertz CT molecular complexity index is 833. The molecule has 2 heterocycles. The molecule has 1 fully saturated rings. The van der Waals surface area contributed by atoms with Gasteiger partial charge in [-0.15, -0.1) is 0 Å². The van der Waals surface area contributed by atoms with Gasteiger partial charge in [-0.25, -0.2) is 0 Å². The number of amides is 2. The highest BCUT2D eigenvalue weighted by molar-refractivity contribution is 5.94. The van der Waals surface area contributed by atoms with Crippen LogP contribution in [0.5, 0.6) is 0 Å². The molecule has 1 aliphatic rings. The van der Waals surface area contributed by atoms with Gasteiger partial charge in [0, 0.05) is 56.0 Å². The van der Waals surface area contributed by atoms with Gasteiger partial charge in [0.05, 0.1) is 6.20 Å². The van der Waals surface area contributed by atoms with Crippen molar-refractivity contribution in [3.63, 3.8) is 0 Å². The van der Waals surface area contributed by atoms with Gasteiger partial charge in [-0.3, -0.25) is 14.3 Å². The third-order valence-corrected chi connectivity index (χ3v) is 5.72. The van der Waals surface area contributed by atoms with Crippen molar-refractivity contribution in [2.75, 3.05) is 20.1 Å². The largest absolute Gasteiger partial charge is 0.341 e. The summed E-state index contributed by atoms with van der Waals surface area (Å²) in [6.45, 7) is 8.78. The summed E-state index contributed by atoms with van der Waals surface area (Å²) >= 11 is 0. The first-order chi connectivity index (χ1) is 13.4. The summed E-state index contributed by atoms with van der Waals surface area (Å²) in [4.78, 5) is 29.2. The number of likely N-dealkylation sites (tertiary alicyclic amines) is 1. The second kappa shape index (κ2) is 8.59. The fraction of sp³-hybridized carbons (Fsp3) is 0.500. The molecule has 6 heteroatoms. The van der Waals surface area contributed by atoms with E-state index >= 15 is 0 Å². The van der Waals surface area contributed by atoms with Gasteiger partial charge < -0.3 is 9.80 Å². The van der Waals surface area contributed by atoms with Crippen LogP contribution in [-0.2, 0) is 17.9 Å². The summed E-state index contributed by atoms with van der Waals surface area (Å²) in [5, 5.41) is 4.36. The lowest BCUT2D eigenvalue weighted by atomic mass is 9.94. The zero-order chi connectivity index (χ0) is 20.3. The van der Waals surface area contributed by atoms with E-state index in [4.69, 9.17) is 0 Å². The van der Waals surface area contributed by atoms with E-state index in [0.29, 0.717) is 32.5 Å². The number of hydrogen-bond donors (Lipinski definition) is 0. The van der Waals surface area contributed by atoms with E-state index in [0.717, 1.165) is 28.9 Å². The first-order valence-corrected chi connectivity index (χ1v) is 10.0. The molecule has 3 rings (SSSR count). The molecule has 0 saturated carbocycles. The lowest BCUT2D eigenvalue weighted by molar-refractivity contribution is -0.136. The molecule has 0 atom stereocenters. The zero-order valence-electron chi connectivity index (χ0n) is 17.3. The first kappa shape index (κ1) is 20.1. The number of aromatic nitrogens is 2. The standard InChI is InChI=1S/C22H30N4O2/c1-5-26-17(3)20(14-23-26)15-24(4)21(27)19-10-12-25(13-11-19)22(28)18-8-6-16(2)7-9-18/h6-9,14,19H,5,10-13,15H2,1-4H3. The summed E-state index contributed by atoms with van der Waals surface area (Å²) in [7, 11) is 1.86. The van der Waals surface area contributed by atoms with E-state index in [1.165, 1.54) is 0 Å². The fourth-order valence-electron chi connectivity index (χ4n) is 3.81. The Labute approximate surface area is 167 Å². The van der Waals surface area contributed by atoms with Crippen molar-refractivity contribution in [1.82, 2.24) is 19.6 Å². The molecule has 0 bridgehead atoms. The summed E-state index contributed by atoms with van der Waals surface area (Å²) in [6.07, 6.45) is 3.29. The predicted molar refractivity (Wildman–Crippen MR) is 109 cm³/mol. The van der Waals surface area contributed by atoms with E-state index in [1.807, 2.05) is 60.9 Å². The second-order valence-corrected chi connectivity index (χ2v) is 7.70. The average Bonchev–Trinajstić information content (AvgIpc) is 3.07. The van der Waals surface area contributed by atoms with E-state index in [1.54, 1.807) is 4.90 Å². The van der Waals surface area contributed by atoms with Crippen LogP contribution in [0, 0.1) is 19.8 Å². The SMILES string of the molecule is CCn1ncc(CN(C)C(=O)C2CCN(C(=O)c3ccc(C)cc3)CC2)c1C. The van der Waals surface area contributed by atoms with Crippen LogP contribution in [0.4, 0.5) is 0 Å². The molecule has 0 radical (unpaired) electrons. The van der Waals surface area contributed by atoms with Gasteiger partial charge in [-0.2, -0.15) is 5.10 Å². The Hall–Kier alpha value is -2.63. The predicted octanol–water partition coefficient (Wildman–Crippen LogP) is 3.03. The highest BCUT2D eigenvalue weighted by Crippen LogP contribution is 2.22. The van der Waals surface area contributed by atoms with E-state index in [-0.39, 0.29) is 17.7 Å². The topological polar surface area (TPSA) is 58.4 Å². The number of aryl methyl sites for hydroxylation is 2. The first-order valence-electron chi connectivity index (χ1n) is 10.0. The van der Waals surface area contributed by atoms with Crippen LogP contribution >= 0.6 is 0 Å². The van der Waals surface area contributed by atoms with Crippen molar-refractivity contribution in [3.8, 4) is 0 Å². The molecule has 6 nitrogen and oxygen atoms in total. The quantitative estimate of drug-likeness (QED) is 0.799. The number of carbonyl (C=O) groups is 2. The fourth-order valence-corrected chi connectivity index (χ4v) is 3.81. The van der Waals surface area contributed by atoms with E-state index < -0.39 is 0 Å². The number of rotatable bonds is 5. The number of nitrogens with zero attached hydrogens (tertiary/aromatic N) is 4. The molecule has 2 aromatic rings. The summed E-state index contributed by atoms with van der Waals surface area (Å²) < 4.78 is 1.95. The summed E-state index contributed by atoms with van der Waals surface area (Å²) in [6, 6.07) is 7.67. The minimum atomic E-state index is -0.0198.